The number of amides is 1. The smallest absolute Gasteiger partial charge is 0.343 e. The van der Waals surface area contributed by atoms with E-state index >= 15 is 0 Å². The van der Waals surface area contributed by atoms with Gasteiger partial charge < -0.3 is 37.9 Å². The van der Waals surface area contributed by atoms with E-state index in [1.807, 2.05) is 0 Å². The third kappa shape index (κ3) is 13.5. The molecule has 0 spiro atoms. The lowest BCUT2D eigenvalue weighted by Gasteiger charge is -2.16. The maximum absolute atomic E-state index is 13.6. The number of esters is 1. The lowest BCUT2D eigenvalue weighted by molar-refractivity contribution is 0.0730. The third-order valence-corrected chi connectivity index (χ3v) is 11.7. The number of methoxy groups -OCH3 is 2. The van der Waals surface area contributed by atoms with Crippen LogP contribution in [0.5, 0.6) is 51.1 Å². The van der Waals surface area contributed by atoms with Gasteiger partial charge in [0.05, 0.1) is 34.8 Å². The zero-order valence-corrected chi connectivity index (χ0v) is 37.9. The van der Waals surface area contributed by atoms with Crippen molar-refractivity contribution in [2.75, 3.05) is 45.3 Å². The van der Waals surface area contributed by atoms with Gasteiger partial charge in [0, 0.05) is 50.5 Å². The highest BCUT2D eigenvalue weighted by Gasteiger charge is 2.19. The third-order valence-electron chi connectivity index (χ3n) is 8.65. The standard InChI is InChI=1S/C45H44N2O14S3/c1-28(26-54-3)56-36-18-30(19-38(23-36)58-32-10-14-40(15-11-32)63(5,50)51)43(48)47-45-46-25-42(62-45)60-34-8-7-9-35(22-34)61-44(49)31-20-37(57-29(2)27-55-4)24-39(21-31)59-33-12-16-41(17-13-33)64(6,52)53/h7-25,28-29H,26-27H2,1-6H3,(H,46,47,48)/t28-,29-/m0/s1. The highest BCUT2D eigenvalue weighted by atomic mass is 32.2. The number of hydrogen-bond acceptors (Lipinski definition) is 16. The number of ether oxygens (including phenoxy) is 8. The first kappa shape index (κ1) is 47.0. The molecule has 0 saturated heterocycles. The van der Waals surface area contributed by atoms with E-state index in [0.717, 1.165) is 23.8 Å². The van der Waals surface area contributed by atoms with Gasteiger partial charge >= 0.3 is 5.97 Å². The quantitative estimate of drug-likeness (QED) is 0.0563. The van der Waals surface area contributed by atoms with Gasteiger partial charge in [-0.1, -0.05) is 17.4 Å². The van der Waals surface area contributed by atoms with Crippen LogP contribution in [0, 0.1) is 0 Å². The Morgan fingerprint density at radius 1 is 0.594 bits per heavy atom. The summed E-state index contributed by atoms with van der Waals surface area (Å²) in [6.07, 6.45) is 2.91. The summed E-state index contributed by atoms with van der Waals surface area (Å²) in [4.78, 5) is 31.6. The predicted molar refractivity (Wildman–Crippen MR) is 238 cm³/mol. The molecular formula is C45H44N2O14S3. The number of sulfone groups is 2. The van der Waals surface area contributed by atoms with E-state index in [2.05, 4.69) is 10.3 Å². The van der Waals surface area contributed by atoms with Crippen molar-refractivity contribution in [1.29, 1.82) is 0 Å². The summed E-state index contributed by atoms with van der Waals surface area (Å²) >= 11 is 1.05. The van der Waals surface area contributed by atoms with Crippen molar-refractivity contribution in [3.63, 3.8) is 0 Å². The van der Waals surface area contributed by atoms with Gasteiger partial charge in [-0.15, -0.1) is 0 Å². The molecule has 1 N–H and O–H groups in total. The first-order valence-electron chi connectivity index (χ1n) is 19.3. The number of aromatic nitrogens is 1. The van der Waals surface area contributed by atoms with Gasteiger partial charge in [0.25, 0.3) is 5.91 Å². The number of nitrogens with zero attached hydrogens (tertiary/aromatic N) is 1. The van der Waals surface area contributed by atoms with Crippen LogP contribution in [0.25, 0.3) is 0 Å². The van der Waals surface area contributed by atoms with E-state index < -0.39 is 31.6 Å². The van der Waals surface area contributed by atoms with Crippen molar-refractivity contribution in [3.8, 4) is 51.1 Å². The first-order valence-corrected chi connectivity index (χ1v) is 23.9. The van der Waals surface area contributed by atoms with E-state index in [-0.39, 0.29) is 68.7 Å². The Morgan fingerprint density at radius 3 is 1.58 bits per heavy atom. The monoisotopic (exact) mass is 932 g/mol. The zero-order valence-electron chi connectivity index (χ0n) is 35.4. The van der Waals surface area contributed by atoms with Crippen molar-refractivity contribution in [2.45, 2.75) is 35.8 Å². The molecular weight excluding hydrogens is 889 g/mol. The number of anilines is 1. The maximum Gasteiger partial charge on any atom is 0.343 e. The number of carbonyl (C=O) groups excluding carboxylic acids is 2. The normalized spacial score (nSPS) is 12.4. The lowest BCUT2D eigenvalue weighted by Crippen LogP contribution is -2.18. The molecule has 5 aromatic carbocycles. The molecule has 0 aliphatic rings. The fourth-order valence-electron chi connectivity index (χ4n) is 5.85. The van der Waals surface area contributed by atoms with Gasteiger partial charge in [-0.2, -0.15) is 0 Å². The fourth-order valence-corrected chi connectivity index (χ4v) is 7.79. The maximum atomic E-state index is 13.6. The summed E-state index contributed by atoms with van der Waals surface area (Å²) in [6.45, 7) is 4.17. The molecule has 0 unspecified atom stereocenters. The first-order chi connectivity index (χ1) is 30.4. The van der Waals surface area contributed by atoms with E-state index in [0.29, 0.717) is 33.8 Å². The van der Waals surface area contributed by atoms with Gasteiger partial charge in [0.15, 0.2) is 24.8 Å². The van der Waals surface area contributed by atoms with Crippen LogP contribution in [-0.4, -0.2) is 85.8 Å². The van der Waals surface area contributed by atoms with Crippen LogP contribution < -0.4 is 33.7 Å². The average Bonchev–Trinajstić information content (AvgIpc) is 3.66. The number of nitrogens with one attached hydrogen (secondary N) is 1. The Morgan fingerprint density at radius 2 is 1.06 bits per heavy atom. The molecule has 16 nitrogen and oxygen atoms in total. The second-order valence-electron chi connectivity index (χ2n) is 14.3. The highest BCUT2D eigenvalue weighted by molar-refractivity contribution is 7.91. The fraction of sp³-hybridized carbons (Fsp3) is 0.222. The summed E-state index contributed by atoms with van der Waals surface area (Å²) in [5.41, 5.74) is 0.281. The van der Waals surface area contributed by atoms with E-state index in [4.69, 9.17) is 37.9 Å². The second-order valence-corrected chi connectivity index (χ2v) is 19.3. The number of rotatable bonds is 20. The van der Waals surface area contributed by atoms with Crippen molar-refractivity contribution in [2.24, 2.45) is 0 Å². The number of benzene rings is 5. The second kappa shape index (κ2) is 20.8. The molecule has 0 radical (unpaired) electrons. The molecule has 0 saturated carbocycles. The van der Waals surface area contributed by atoms with E-state index in [1.165, 1.54) is 86.1 Å². The van der Waals surface area contributed by atoms with Crippen LogP contribution in [0.15, 0.2) is 125 Å². The number of thiazole rings is 1. The molecule has 64 heavy (non-hydrogen) atoms. The van der Waals surface area contributed by atoms with Gasteiger partial charge in [0.2, 0.25) is 5.06 Å². The average molecular weight is 933 g/mol. The topological polar surface area (TPSA) is 201 Å². The van der Waals surface area contributed by atoms with E-state index in [9.17, 15) is 26.4 Å². The molecule has 0 aliphatic heterocycles. The molecule has 0 aliphatic carbocycles. The Labute approximate surface area is 374 Å². The molecule has 6 aromatic rings. The van der Waals surface area contributed by atoms with Crippen LogP contribution in [0.4, 0.5) is 5.13 Å². The van der Waals surface area contributed by atoms with Crippen LogP contribution in [-0.2, 0) is 29.1 Å². The van der Waals surface area contributed by atoms with Crippen LogP contribution in [0.1, 0.15) is 34.6 Å². The Bertz CT molecular complexity index is 2810. The lowest BCUT2D eigenvalue weighted by atomic mass is 10.2. The van der Waals surface area contributed by atoms with Crippen molar-refractivity contribution in [3.05, 3.63) is 127 Å². The summed E-state index contributed by atoms with van der Waals surface area (Å²) < 4.78 is 93.7. The summed E-state index contributed by atoms with van der Waals surface area (Å²) in [7, 11) is -3.74. The molecule has 1 aromatic heterocycles. The molecule has 19 heteroatoms. The molecule has 0 bridgehead atoms. The molecule has 2 atom stereocenters. The Hall–Kier alpha value is -6.51. The highest BCUT2D eigenvalue weighted by Crippen LogP contribution is 2.35. The van der Waals surface area contributed by atoms with Crippen molar-refractivity contribution < 1.29 is 64.3 Å². The minimum atomic E-state index is -3.41. The van der Waals surface area contributed by atoms with Crippen LogP contribution >= 0.6 is 11.3 Å². The SMILES string of the molecule is COC[C@H](C)Oc1cc(Oc2ccc(S(C)(=O)=O)cc2)cc(C(=O)Nc2ncc(Oc3cccc(OC(=O)c4cc(Oc5ccc(S(C)(=O)=O)cc5)cc(O[C@@H](C)COC)c4)c3)s2)c1. The minimum Gasteiger partial charge on any atom is -0.488 e. The molecule has 1 heterocycles. The van der Waals surface area contributed by atoms with Crippen LogP contribution in [0.2, 0.25) is 0 Å². The molecule has 1 amide bonds. The Balaban J connectivity index is 1.14. The van der Waals surface area contributed by atoms with Crippen molar-refractivity contribution in [1.82, 2.24) is 4.98 Å². The van der Waals surface area contributed by atoms with Crippen LogP contribution in [0.3, 0.4) is 0 Å². The summed E-state index contributed by atoms with van der Waals surface area (Å²) in [5.74, 6) is 0.987. The largest absolute Gasteiger partial charge is 0.488 e. The predicted octanol–water partition coefficient (Wildman–Crippen LogP) is 8.63. The zero-order chi connectivity index (χ0) is 46.0. The molecule has 336 valence electrons. The minimum absolute atomic E-state index is 0.0996. The van der Waals surface area contributed by atoms with Gasteiger partial charge in [-0.3, -0.25) is 10.1 Å². The van der Waals surface area contributed by atoms with Gasteiger partial charge in [-0.25, -0.2) is 26.6 Å². The molecule has 0 fully saturated rings. The van der Waals surface area contributed by atoms with Gasteiger partial charge in [0.1, 0.15) is 58.2 Å². The van der Waals surface area contributed by atoms with Gasteiger partial charge in [-0.05, 0) is 98.8 Å². The van der Waals surface area contributed by atoms with E-state index in [1.54, 1.807) is 57.4 Å². The Kier molecular flexibility index (Phi) is 15.3. The number of carbonyl (C=O) groups is 2. The summed E-state index contributed by atoms with van der Waals surface area (Å²) in [6, 6.07) is 27.3. The van der Waals surface area contributed by atoms with Crippen molar-refractivity contribution >= 4 is 48.0 Å². The number of hydrogen-bond donors (Lipinski definition) is 1. The summed E-state index contributed by atoms with van der Waals surface area (Å²) in [5, 5.41) is 3.28. The molecule has 6 rings (SSSR count).